The van der Waals surface area contributed by atoms with Crippen LogP contribution in [0, 0.1) is 6.92 Å². The molecule has 1 unspecified atom stereocenters. The standard InChI is InChI=1S/C24H24N6O2/c1-3-18-15(2)22(30-29-18)24(32)27-20(16-9-5-4-6-10-16)13-17-14-21(31)28-23(26-17)19-11-7-8-12-25-19/h4-12,14,20H,3,13H2,1-2H3,(H,27,32)(H,29,30)(H,26,28,31). The zero-order chi connectivity index (χ0) is 22.5. The van der Waals surface area contributed by atoms with Crippen molar-refractivity contribution in [2.45, 2.75) is 32.7 Å². The molecule has 0 aliphatic heterocycles. The van der Waals surface area contributed by atoms with E-state index in [2.05, 4.69) is 30.5 Å². The predicted octanol–water partition coefficient (Wildman–Crippen LogP) is 3.14. The Hall–Kier alpha value is -4.07. The van der Waals surface area contributed by atoms with Crippen molar-refractivity contribution in [3.05, 3.63) is 99.4 Å². The number of hydrogen-bond donors (Lipinski definition) is 3. The molecule has 4 rings (SSSR count). The van der Waals surface area contributed by atoms with Gasteiger partial charge in [0.15, 0.2) is 11.5 Å². The summed E-state index contributed by atoms with van der Waals surface area (Å²) in [6.45, 7) is 3.89. The molecule has 4 aromatic rings. The van der Waals surface area contributed by atoms with Crippen LogP contribution < -0.4 is 10.9 Å². The summed E-state index contributed by atoms with van der Waals surface area (Å²) < 4.78 is 0. The number of amides is 1. The Bertz CT molecular complexity index is 1260. The fraction of sp³-hybridized carbons (Fsp3) is 0.208. The molecule has 32 heavy (non-hydrogen) atoms. The minimum atomic E-state index is -0.393. The molecule has 0 saturated carbocycles. The molecule has 8 heteroatoms. The molecule has 8 nitrogen and oxygen atoms in total. The predicted molar refractivity (Wildman–Crippen MR) is 121 cm³/mol. The van der Waals surface area contributed by atoms with Crippen LogP contribution in [-0.2, 0) is 12.8 Å². The number of aryl methyl sites for hydroxylation is 1. The molecule has 0 aliphatic carbocycles. The monoisotopic (exact) mass is 428 g/mol. The highest BCUT2D eigenvalue weighted by Crippen LogP contribution is 2.20. The van der Waals surface area contributed by atoms with Gasteiger partial charge in [0.2, 0.25) is 0 Å². The van der Waals surface area contributed by atoms with Gasteiger partial charge in [0.1, 0.15) is 5.69 Å². The Morgan fingerprint density at radius 3 is 2.59 bits per heavy atom. The van der Waals surface area contributed by atoms with E-state index in [4.69, 9.17) is 0 Å². The summed E-state index contributed by atoms with van der Waals surface area (Å²) in [5.74, 6) is 0.115. The fourth-order valence-electron chi connectivity index (χ4n) is 3.61. The molecule has 1 aromatic carbocycles. The van der Waals surface area contributed by atoms with Gasteiger partial charge >= 0.3 is 0 Å². The van der Waals surface area contributed by atoms with Crippen LogP contribution in [0.1, 0.15) is 46.0 Å². The first-order chi connectivity index (χ1) is 15.5. The highest BCUT2D eigenvalue weighted by molar-refractivity contribution is 5.94. The van der Waals surface area contributed by atoms with E-state index in [1.54, 1.807) is 18.3 Å². The SMILES string of the molecule is CCc1[nH]nc(C(=O)NC(Cc2cc(=O)[nH]c(-c3ccccn3)n2)c2ccccc2)c1C. The van der Waals surface area contributed by atoms with Crippen molar-refractivity contribution in [3.63, 3.8) is 0 Å². The van der Waals surface area contributed by atoms with Crippen LogP contribution in [0.2, 0.25) is 0 Å². The summed E-state index contributed by atoms with van der Waals surface area (Å²) in [4.78, 5) is 36.9. The summed E-state index contributed by atoms with van der Waals surface area (Å²) in [7, 11) is 0. The number of rotatable bonds is 7. The second kappa shape index (κ2) is 9.38. The van der Waals surface area contributed by atoms with Gasteiger partial charge in [-0.05, 0) is 31.0 Å². The average molecular weight is 428 g/mol. The van der Waals surface area contributed by atoms with Gasteiger partial charge < -0.3 is 10.3 Å². The van der Waals surface area contributed by atoms with Crippen molar-refractivity contribution in [2.24, 2.45) is 0 Å². The molecule has 0 radical (unpaired) electrons. The lowest BCUT2D eigenvalue weighted by molar-refractivity contribution is 0.0930. The largest absolute Gasteiger partial charge is 0.343 e. The number of carbonyl (C=O) groups is 1. The highest BCUT2D eigenvalue weighted by Gasteiger charge is 2.21. The maximum atomic E-state index is 13.0. The molecule has 0 aliphatic rings. The molecule has 0 fully saturated rings. The van der Waals surface area contributed by atoms with Gasteiger partial charge in [-0.3, -0.25) is 19.7 Å². The number of benzene rings is 1. The van der Waals surface area contributed by atoms with E-state index in [1.807, 2.05) is 50.2 Å². The van der Waals surface area contributed by atoms with Gasteiger partial charge in [0.25, 0.3) is 11.5 Å². The second-order valence-corrected chi connectivity index (χ2v) is 7.47. The zero-order valence-corrected chi connectivity index (χ0v) is 17.9. The second-order valence-electron chi connectivity index (χ2n) is 7.47. The van der Waals surface area contributed by atoms with Crippen LogP contribution in [0.3, 0.4) is 0 Å². The van der Waals surface area contributed by atoms with E-state index in [1.165, 1.54) is 6.07 Å². The van der Waals surface area contributed by atoms with E-state index in [0.717, 1.165) is 23.2 Å². The summed E-state index contributed by atoms with van der Waals surface area (Å²) in [6, 6.07) is 16.1. The topological polar surface area (TPSA) is 116 Å². The minimum Gasteiger partial charge on any atom is -0.343 e. The number of nitrogens with zero attached hydrogens (tertiary/aromatic N) is 3. The van der Waals surface area contributed by atoms with Gasteiger partial charge in [-0.15, -0.1) is 0 Å². The maximum absolute atomic E-state index is 13.0. The molecule has 0 spiro atoms. The van der Waals surface area contributed by atoms with Crippen molar-refractivity contribution < 1.29 is 4.79 Å². The number of aromatic nitrogens is 5. The van der Waals surface area contributed by atoms with E-state index in [-0.39, 0.29) is 11.5 Å². The molecule has 0 bridgehead atoms. The highest BCUT2D eigenvalue weighted by atomic mass is 16.2. The number of hydrogen-bond acceptors (Lipinski definition) is 5. The summed E-state index contributed by atoms with van der Waals surface area (Å²) in [5, 5.41) is 10.2. The summed E-state index contributed by atoms with van der Waals surface area (Å²) in [5.41, 5.74) is 3.90. The molecular weight excluding hydrogens is 404 g/mol. The normalized spacial score (nSPS) is 11.8. The Balaban J connectivity index is 1.65. The van der Waals surface area contributed by atoms with Crippen LogP contribution >= 0.6 is 0 Å². The van der Waals surface area contributed by atoms with Crippen LogP contribution in [-0.4, -0.2) is 31.1 Å². The molecule has 0 saturated heterocycles. The Morgan fingerprint density at radius 2 is 1.91 bits per heavy atom. The minimum absolute atomic E-state index is 0.274. The van der Waals surface area contributed by atoms with Crippen molar-refractivity contribution in [1.82, 2.24) is 30.5 Å². The van der Waals surface area contributed by atoms with Crippen molar-refractivity contribution in [2.75, 3.05) is 0 Å². The Kier molecular flexibility index (Phi) is 6.21. The molecule has 1 amide bonds. The summed E-state index contributed by atoms with van der Waals surface area (Å²) >= 11 is 0. The van der Waals surface area contributed by atoms with Crippen LogP contribution in [0.4, 0.5) is 0 Å². The third kappa shape index (κ3) is 4.64. The molecule has 3 heterocycles. The summed E-state index contributed by atoms with van der Waals surface area (Å²) in [6.07, 6.45) is 2.75. The maximum Gasteiger partial charge on any atom is 0.272 e. The average Bonchev–Trinajstić information content (AvgIpc) is 3.20. The van der Waals surface area contributed by atoms with Crippen molar-refractivity contribution in [1.29, 1.82) is 0 Å². The zero-order valence-electron chi connectivity index (χ0n) is 17.9. The lowest BCUT2D eigenvalue weighted by Crippen LogP contribution is -2.31. The van der Waals surface area contributed by atoms with E-state index in [0.29, 0.717) is 29.3 Å². The van der Waals surface area contributed by atoms with Gasteiger partial charge in [-0.1, -0.05) is 43.3 Å². The quantitative estimate of drug-likeness (QED) is 0.418. The number of H-pyrrole nitrogens is 2. The number of aromatic amines is 2. The van der Waals surface area contributed by atoms with Gasteiger partial charge in [0, 0.05) is 29.9 Å². The molecule has 3 N–H and O–H groups in total. The third-order valence-electron chi connectivity index (χ3n) is 5.30. The number of nitrogens with one attached hydrogen (secondary N) is 3. The van der Waals surface area contributed by atoms with Crippen molar-refractivity contribution in [3.8, 4) is 11.5 Å². The van der Waals surface area contributed by atoms with E-state index >= 15 is 0 Å². The number of pyridine rings is 1. The first kappa shape index (κ1) is 21.2. The molecule has 162 valence electrons. The Morgan fingerprint density at radius 1 is 1.12 bits per heavy atom. The molecule has 3 aromatic heterocycles. The van der Waals surface area contributed by atoms with Gasteiger partial charge in [-0.2, -0.15) is 5.10 Å². The molecule has 1 atom stereocenters. The fourth-order valence-corrected chi connectivity index (χ4v) is 3.61. The van der Waals surface area contributed by atoms with Gasteiger partial charge in [-0.25, -0.2) is 4.98 Å². The molecular formula is C24H24N6O2. The van der Waals surface area contributed by atoms with E-state index in [9.17, 15) is 9.59 Å². The van der Waals surface area contributed by atoms with Crippen LogP contribution in [0.15, 0.2) is 65.6 Å². The smallest absolute Gasteiger partial charge is 0.272 e. The lowest BCUT2D eigenvalue weighted by atomic mass is 10.0. The Labute approximate surface area is 185 Å². The van der Waals surface area contributed by atoms with Gasteiger partial charge in [0.05, 0.1) is 11.7 Å². The van der Waals surface area contributed by atoms with Crippen LogP contribution in [0.25, 0.3) is 11.5 Å². The first-order valence-corrected chi connectivity index (χ1v) is 10.5. The third-order valence-corrected chi connectivity index (χ3v) is 5.30. The lowest BCUT2D eigenvalue weighted by Gasteiger charge is -2.19. The van der Waals surface area contributed by atoms with Crippen LogP contribution in [0.5, 0.6) is 0 Å². The number of carbonyl (C=O) groups excluding carboxylic acids is 1. The van der Waals surface area contributed by atoms with E-state index < -0.39 is 6.04 Å². The van der Waals surface area contributed by atoms with Crippen molar-refractivity contribution >= 4 is 5.91 Å². The first-order valence-electron chi connectivity index (χ1n) is 10.5.